The molecule has 1 aromatic heterocycles. The zero-order valence-electron chi connectivity index (χ0n) is 13.1. The molecular formula is C15H25N3O2. The van der Waals surface area contributed by atoms with Crippen molar-refractivity contribution < 1.29 is 9.47 Å². The first-order valence-corrected chi connectivity index (χ1v) is 7.25. The van der Waals surface area contributed by atoms with Gasteiger partial charge in [-0.1, -0.05) is 20.8 Å². The number of hydrogen-bond acceptors (Lipinski definition) is 5. The number of methoxy groups -OCH3 is 1. The van der Waals surface area contributed by atoms with Crippen LogP contribution >= 0.6 is 0 Å². The molecule has 1 saturated carbocycles. The lowest BCUT2D eigenvalue weighted by Gasteiger charge is -2.51. The van der Waals surface area contributed by atoms with Gasteiger partial charge in [0.05, 0.1) is 12.7 Å². The first-order valence-electron chi connectivity index (χ1n) is 7.25. The molecule has 1 fully saturated rings. The lowest BCUT2D eigenvalue weighted by atomic mass is 9.64. The fourth-order valence-corrected chi connectivity index (χ4v) is 2.57. The smallest absolute Gasteiger partial charge is 0.226 e. The van der Waals surface area contributed by atoms with Crippen LogP contribution in [-0.2, 0) is 4.74 Å². The molecule has 0 aromatic carbocycles. The van der Waals surface area contributed by atoms with E-state index in [0.717, 1.165) is 18.5 Å². The average Bonchev–Trinajstić information content (AvgIpc) is 2.40. The van der Waals surface area contributed by atoms with Crippen LogP contribution in [0.15, 0.2) is 6.07 Å². The van der Waals surface area contributed by atoms with E-state index in [-0.39, 0.29) is 5.41 Å². The molecule has 0 spiro atoms. The summed E-state index contributed by atoms with van der Waals surface area (Å²) in [6, 6.07) is 2.19. The number of nitrogens with zero attached hydrogens (tertiary/aromatic N) is 2. The molecule has 0 radical (unpaired) electrons. The molecule has 0 aliphatic heterocycles. The number of aryl methyl sites for hydroxylation is 1. The average molecular weight is 279 g/mol. The Hall–Kier alpha value is -1.36. The van der Waals surface area contributed by atoms with E-state index in [0.29, 0.717) is 30.6 Å². The Morgan fingerprint density at radius 1 is 1.40 bits per heavy atom. The van der Waals surface area contributed by atoms with Gasteiger partial charge in [0.1, 0.15) is 0 Å². The maximum Gasteiger partial charge on any atom is 0.226 e. The number of rotatable bonds is 6. The largest absolute Gasteiger partial charge is 0.478 e. The predicted molar refractivity (Wildman–Crippen MR) is 79.2 cm³/mol. The zero-order chi connectivity index (χ0) is 14.8. The van der Waals surface area contributed by atoms with Crippen LogP contribution in [0.3, 0.4) is 0 Å². The van der Waals surface area contributed by atoms with Crippen molar-refractivity contribution in [2.24, 2.45) is 5.41 Å². The van der Waals surface area contributed by atoms with Crippen LogP contribution in [0, 0.1) is 12.3 Å². The first kappa shape index (κ1) is 15.0. The number of hydrogen-bond donors (Lipinski definition) is 1. The number of ether oxygens (including phenoxy) is 2. The molecule has 0 saturated heterocycles. The maximum atomic E-state index is 5.59. The molecule has 1 aliphatic carbocycles. The minimum absolute atomic E-state index is 0.0896. The maximum absolute atomic E-state index is 5.59. The van der Waals surface area contributed by atoms with E-state index in [9.17, 15) is 0 Å². The van der Waals surface area contributed by atoms with Gasteiger partial charge in [-0.15, -0.1) is 0 Å². The van der Waals surface area contributed by atoms with Gasteiger partial charge in [0, 0.05) is 30.3 Å². The molecule has 2 rings (SSSR count). The summed E-state index contributed by atoms with van der Waals surface area (Å²) in [5, 5.41) is 3.41. The monoisotopic (exact) mass is 279 g/mol. The minimum Gasteiger partial charge on any atom is -0.478 e. The van der Waals surface area contributed by atoms with Gasteiger partial charge in [-0.25, -0.2) is 4.98 Å². The number of anilines is 1. The summed E-state index contributed by atoms with van der Waals surface area (Å²) in [6.07, 6.45) is 2.24. The van der Waals surface area contributed by atoms with Crippen LogP contribution in [-0.4, -0.2) is 35.8 Å². The molecule has 0 bridgehead atoms. The standard InChI is InChI=1S/C15H25N3O2/c1-6-7-20-13-8-10(2)16-14(18-13)17-11-9-12(19-5)15(11,3)4/h8,11-12H,6-7,9H2,1-5H3,(H,16,17,18). The van der Waals surface area contributed by atoms with Gasteiger partial charge in [0.15, 0.2) is 0 Å². The summed E-state index contributed by atoms with van der Waals surface area (Å²) in [5.41, 5.74) is 1.00. The highest BCUT2D eigenvalue weighted by atomic mass is 16.5. The molecule has 2 unspecified atom stereocenters. The van der Waals surface area contributed by atoms with Crippen LogP contribution in [0.2, 0.25) is 0 Å². The van der Waals surface area contributed by atoms with E-state index >= 15 is 0 Å². The van der Waals surface area contributed by atoms with Gasteiger partial charge in [0.2, 0.25) is 11.8 Å². The van der Waals surface area contributed by atoms with Crippen molar-refractivity contribution in [1.29, 1.82) is 0 Å². The zero-order valence-corrected chi connectivity index (χ0v) is 13.1. The summed E-state index contributed by atoms with van der Waals surface area (Å²) in [7, 11) is 1.77. The summed E-state index contributed by atoms with van der Waals surface area (Å²) < 4.78 is 11.1. The fraction of sp³-hybridized carbons (Fsp3) is 0.733. The SMILES string of the molecule is CCCOc1cc(C)nc(NC2CC(OC)C2(C)C)n1. The summed E-state index contributed by atoms with van der Waals surface area (Å²) >= 11 is 0. The predicted octanol–water partition coefficient (Wildman–Crippen LogP) is 2.80. The first-order chi connectivity index (χ1) is 9.47. The van der Waals surface area contributed by atoms with Crippen molar-refractivity contribution >= 4 is 5.95 Å². The molecule has 1 aliphatic rings. The summed E-state index contributed by atoms with van der Waals surface area (Å²) in [4.78, 5) is 8.86. The van der Waals surface area contributed by atoms with Crippen LogP contribution in [0.4, 0.5) is 5.95 Å². The van der Waals surface area contributed by atoms with Crippen LogP contribution in [0.1, 0.15) is 39.3 Å². The van der Waals surface area contributed by atoms with Crippen molar-refractivity contribution in [3.8, 4) is 5.88 Å². The number of aromatic nitrogens is 2. The third-order valence-corrected chi connectivity index (χ3v) is 4.05. The van der Waals surface area contributed by atoms with E-state index in [2.05, 4.69) is 36.1 Å². The second kappa shape index (κ2) is 5.95. The van der Waals surface area contributed by atoms with Gasteiger partial charge in [-0.3, -0.25) is 0 Å². The summed E-state index contributed by atoms with van der Waals surface area (Å²) in [5.74, 6) is 1.28. The highest BCUT2D eigenvalue weighted by Crippen LogP contribution is 2.43. The Morgan fingerprint density at radius 2 is 2.15 bits per heavy atom. The topological polar surface area (TPSA) is 56.3 Å². The highest BCUT2D eigenvalue weighted by Gasteiger charge is 2.48. The van der Waals surface area contributed by atoms with Crippen molar-refractivity contribution in [3.63, 3.8) is 0 Å². The van der Waals surface area contributed by atoms with E-state index < -0.39 is 0 Å². The van der Waals surface area contributed by atoms with E-state index in [1.807, 2.05) is 13.0 Å². The Bertz CT molecular complexity index is 462. The molecule has 5 heteroatoms. The minimum atomic E-state index is 0.0896. The molecule has 5 nitrogen and oxygen atoms in total. The van der Waals surface area contributed by atoms with Gasteiger partial charge >= 0.3 is 0 Å². The molecule has 0 amide bonds. The molecule has 112 valence electrons. The summed E-state index contributed by atoms with van der Waals surface area (Å²) in [6.45, 7) is 9.11. The third kappa shape index (κ3) is 3.03. The van der Waals surface area contributed by atoms with Crippen LogP contribution in [0.5, 0.6) is 5.88 Å². The van der Waals surface area contributed by atoms with Crippen molar-refractivity contribution in [2.75, 3.05) is 19.0 Å². The molecule has 2 atom stereocenters. The fourth-order valence-electron chi connectivity index (χ4n) is 2.57. The van der Waals surface area contributed by atoms with Gasteiger partial charge in [0.25, 0.3) is 0 Å². The van der Waals surface area contributed by atoms with Crippen LogP contribution < -0.4 is 10.1 Å². The van der Waals surface area contributed by atoms with Gasteiger partial charge < -0.3 is 14.8 Å². The molecule has 20 heavy (non-hydrogen) atoms. The van der Waals surface area contributed by atoms with E-state index in [1.54, 1.807) is 7.11 Å². The normalized spacial score (nSPS) is 24.1. The molecule has 1 N–H and O–H groups in total. The van der Waals surface area contributed by atoms with Gasteiger partial charge in [-0.05, 0) is 19.8 Å². The Kier molecular flexibility index (Phi) is 4.48. The van der Waals surface area contributed by atoms with Crippen LogP contribution in [0.25, 0.3) is 0 Å². The lowest BCUT2D eigenvalue weighted by Crippen LogP contribution is -2.57. The Balaban J connectivity index is 2.05. The highest BCUT2D eigenvalue weighted by molar-refractivity contribution is 5.34. The lowest BCUT2D eigenvalue weighted by molar-refractivity contribution is -0.0796. The Labute approximate surface area is 121 Å². The third-order valence-electron chi connectivity index (χ3n) is 4.05. The van der Waals surface area contributed by atoms with Crippen molar-refractivity contribution in [3.05, 3.63) is 11.8 Å². The van der Waals surface area contributed by atoms with Gasteiger partial charge in [-0.2, -0.15) is 4.98 Å². The second-order valence-corrected chi connectivity index (χ2v) is 6.00. The second-order valence-electron chi connectivity index (χ2n) is 6.00. The van der Waals surface area contributed by atoms with E-state index in [4.69, 9.17) is 9.47 Å². The van der Waals surface area contributed by atoms with E-state index in [1.165, 1.54) is 0 Å². The Morgan fingerprint density at radius 3 is 2.75 bits per heavy atom. The molecule has 1 heterocycles. The molecular weight excluding hydrogens is 254 g/mol. The van der Waals surface area contributed by atoms with Crippen molar-refractivity contribution in [1.82, 2.24) is 9.97 Å². The molecule has 1 aromatic rings. The number of nitrogens with one attached hydrogen (secondary N) is 1. The van der Waals surface area contributed by atoms with Crippen molar-refractivity contribution in [2.45, 2.75) is 52.7 Å². The quantitative estimate of drug-likeness (QED) is 0.867.